The molecule has 0 aliphatic heterocycles. The summed E-state index contributed by atoms with van der Waals surface area (Å²) in [5.74, 6) is -1.25. The minimum atomic E-state index is -1.25. The average molecular weight is 266 g/mol. The lowest BCUT2D eigenvalue weighted by Crippen LogP contribution is -2.02. The summed E-state index contributed by atoms with van der Waals surface area (Å²) in [6.45, 7) is 0. The molecule has 0 aliphatic carbocycles. The number of carbonyl (C=O) groups is 1. The van der Waals surface area contributed by atoms with E-state index in [4.69, 9.17) is 5.11 Å². The highest BCUT2D eigenvalue weighted by atomic mass is 32.1. The van der Waals surface area contributed by atoms with Crippen LogP contribution in [0, 0.1) is 10.1 Å². The number of hydrogen-bond donors (Lipinski definition) is 2. The van der Waals surface area contributed by atoms with Crippen LogP contribution in [0.15, 0.2) is 29.1 Å². The fourth-order valence-corrected chi connectivity index (χ4v) is 2.25. The monoisotopic (exact) mass is 266 g/mol. The van der Waals surface area contributed by atoms with Crippen molar-refractivity contribution in [3.63, 3.8) is 0 Å². The van der Waals surface area contributed by atoms with E-state index in [9.17, 15) is 19.7 Å². The third-order valence-electron chi connectivity index (χ3n) is 2.20. The number of hydrogen-bond acceptors (Lipinski definition) is 5. The minimum Gasteiger partial charge on any atom is -0.477 e. The number of nitrogens with zero attached hydrogens (tertiary/aromatic N) is 1. The molecule has 1 aromatic heterocycles. The molecule has 7 nitrogen and oxygen atoms in total. The van der Waals surface area contributed by atoms with E-state index in [0.29, 0.717) is 5.56 Å². The van der Waals surface area contributed by atoms with Crippen molar-refractivity contribution in [2.75, 3.05) is 0 Å². The van der Waals surface area contributed by atoms with Gasteiger partial charge in [0.2, 0.25) is 0 Å². The minimum absolute atomic E-state index is 0.0986. The van der Waals surface area contributed by atoms with Crippen molar-refractivity contribution >= 4 is 23.0 Å². The highest BCUT2D eigenvalue weighted by molar-refractivity contribution is 7.13. The van der Waals surface area contributed by atoms with E-state index < -0.39 is 15.8 Å². The molecule has 0 atom stereocenters. The molecule has 0 saturated carbocycles. The van der Waals surface area contributed by atoms with Crippen molar-refractivity contribution in [1.82, 2.24) is 4.98 Å². The fraction of sp³-hybridized carbons (Fsp3) is 0. The van der Waals surface area contributed by atoms with E-state index in [1.165, 1.54) is 24.3 Å². The van der Waals surface area contributed by atoms with E-state index in [1.807, 2.05) is 0 Å². The van der Waals surface area contributed by atoms with Gasteiger partial charge in [-0.05, 0) is 17.7 Å². The van der Waals surface area contributed by atoms with Gasteiger partial charge in [-0.3, -0.25) is 14.9 Å². The van der Waals surface area contributed by atoms with Gasteiger partial charge in [0.25, 0.3) is 5.69 Å². The van der Waals surface area contributed by atoms with Crippen LogP contribution in [0.4, 0.5) is 5.69 Å². The van der Waals surface area contributed by atoms with Crippen LogP contribution >= 0.6 is 11.3 Å². The number of carboxylic acid groups (broad SMARTS) is 1. The fourth-order valence-electron chi connectivity index (χ4n) is 1.42. The predicted octanol–water partition coefficient (Wildman–Crippen LogP) is 1.71. The van der Waals surface area contributed by atoms with Crippen LogP contribution in [0.1, 0.15) is 10.5 Å². The first-order valence-electron chi connectivity index (χ1n) is 4.70. The Bertz CT molecular complexity index is 670. The Morgan fingerprint density at radius 1 is 1.33 bits per heavy atom. The third-order valence-corrected chi connectivity index (χ3v) is 3.13. The van der Waals surface area contributed by atoms with E-state index >= 15 is 0 Å². The molecule has 2 rings (SSSR count). The van der Waals surface area contributed by atoms with Gasteiger partial charge in [-0.15, -0.1) is 0 Å². The maximum Gasteiger partial charge on any atom is 0.353 e. The Balaban J connectivity index is 2.52. The van der Waals surface area contributed by atoms with E-state index in [2.05, 4.69) is 4.98 Å². The lowest BCUT2D eigenvalue weighted by atomic mass is 10.1. The second-order valence-corrected chi connectivity index (χ2v) is 4.31. The molecule has 92 valence electrons. The summed E-state index contributed by atoms with van der Waals surface area (Å²) < 4.78 is 0. The lowest BCUT2D eigenvalue weighted by Gasteiger charge is -1.98. The summed E-state index contributed by atoms with van der Waals surface area (Å²) in [6.07, 6.45) is 0. The first kappa shape index (κ1) is 12.0. The maximum atomic E-state index is 11.2. The van der Waals surface area contributed by atoms with Crippen LogP contribution in [0.25, 0.3) is 10.4 Å². The second-order valence-electron chi connectivity index (χ2n) is 3.33. The first-order chi connectivity index (χ1) is 8.49. The Morgan fingerprint density at radius 2 is 1.94 bits per heavy atom. The van der Waals surface area contributed by atoms with Crippen molar-refractivity contribution in [2.24, 2.45) is 0 Å². The SMILES string of the molecule is O=C(O)c1[nH]c(=O)sc1-c1ccc([N+](=O)[O-])cc1. The molecule has 0 spiro atoms. The molecule has 0 fully saturated rings. The standard InChI is InChI=1S/C10H6N2O5S/c13-9(14)7-8(18-10(15)11-7)5-1-3-6(4-2-5)12(16)17/h1-4H,(H,11,15)(H,13,14). The summed E-state index contributed by atoms with van der Waals surface area (Å²) in [4.78, 5) is 34.0. The van der Waals surface area contributed by atoms with Gasteiger partial charge < -0.3 is 10.1 Å². The van der Waals surface area contributed by atoms with Gasteiger partial charge in [-0.1, -0.05) is 11.3 Å². The predicted molar refractivity (Wildman–Crippen MR) is 64.0 cm³/mol. The van der Waals surface area contributed by atoms with Gasteiger partial charge in [0.05, 0.1) is 9.80 Å². The number of aromatic carboxylic acids is 1. The van der Waals surface area contributed by atoms with Crippen LogP contribution in [-0.4, -0.2) is 21.0 Å². The highest BCUT2D eigenvalue weighted by Crippen LogP contribution is 2.27. The molecule has 1 aromatic carbocycles. The lowest BCUT2D eigenvalue weighted by molar-refractivity contribution is -0.384. The zero-order chi connectivity index (χ0) is 13.3. The molecule has 2 aromatic rings. The van der Waals surface area contributed by atoms with Gasteiger partial charge in [0, 0.05) is 12.1 Å². The Hall–Kier alpha value is -2.48. The van der Waals surface area contributed by atoms with Crippen molar-refractivity contribution in [2.45, 2.75) is 0 Å². The molecule has 0 amide bonds. The zero-order valence-corrected chi connectivity index (χ0v) is 9.56. The topological polar surface area (TPSA) is 113 Å². The average Bonchev–Trinajstić information content (AvgIpc) is 2.71. The van der Waals surface area contributed by atoms with Crippen molar-refractivity contribution < 1.29 is 14.8 Å². The van der Waals surface area contributed by atoms with Crippen LogP contribution < -0.4 is 4.87 Å². The molecule has 0 radical (unpaired) electrons. The maximum absolute atomic E-state index is 11.2. The third kappa shape index (κ3) is 2.13. The van der Waals surface area contributed by atoms with Crippen LogP contribution in [0.2, 0.25) is 0 Å². The molecule has 18 heavy (non-hydrogen) atoms. The molecule has 0 aliphatic rings. The highest BCUT2D eigenvalue weighted by Gasteiger charge is 2.17. The van der Waals surface area contributed by atoms with E-state index in [-0.39, 0.29) is 16.3 Å². The van der Waals surface area contributed by atoms with E-state index in [1.54, 1.807) is 0 Å². The van der Waals surface area contributed by atoms with Gasteiger partial charge in [0.15, 0.2) is 0 Å². The number of aromatic amines is 1. The Labute approximate surface area is 103 Å². The second kappa shape index (κ2) is 4.41. The summed E-state index contributed by atoms with van der Waals surface area (Å²) in [5, 5.41) is 19.4. The first-order valence-corrected chi connectivity index (χ1v) is 5.52. The molecule has 0 bridgehead atoms. The van der Waals surface area contributed by atoms with Crippen molar-refractivity contribution in [1.29, 1.82) is 0 Å². The molecule has 1 heterocycles. The number of carboxylic acids is 1. The van der Waals surface area contributed by atoms with Crippen molar-refractivity contribution in [3.05, 3.63) is 49.7 Å². The Morgan fingerprint density at radius 3 is 2.44 bits per heavy atom. The number of nitro groups is 1. The normalized spacial score (nSPS) is 10.2. The zero-order valence-electron chi connectivity index (χ0n) is 8.75. The number of H-pyrrole nitrogens is 1. The number of rotatable bonds is 3. The van der Waals surface area contributed by atoms with Gasteiger partial charge in [-0.25, -0.2) is 4.79 Å². The molecule has 0 unspecified atom stereocenters. The largest absolute Gasteiger partial charge is 0.477 e. The quantitative estimate of drug-likeness (QED) is 0.648. The van der Waals surface area contributed by atoms with Crippen LogP contribution in [0.5, 0.6) is 0 Å². The van der Waals surface area contributed by atoms with Gasteiger partial charge in [0.1, 0.15) is 5.69 Å². The van der Waals surface area contributed by atoms with E-state index in [0.717, 1.165) is 11.3 Å². The number of nitrogens with one attached hydrogen (secondary N) is 1. The summed E-state index contributed by atoms with van der Waals surface area (Å²) in [5.41, 5.74) is 0.138. The molecule has 8 heteroatoms. The molecular weight excluding hydrogens is 260 g/mol. The molecule has 0 saturated heterocycles. The summed E-state index contributed by atoms with van der Waals surface area (Å²) >= 11 is 0.748. The molecular formula is C10H6N2O5S. The number of thiazole rings is 1. The van der Waals surface area contributed by atoms with Crippen LogP contribution in [0.3, 0.4) is 0 Å². The number of nitro benzene ring substituents is 1. The summed E-state index contributed by atoms with van der Waals surface area (Å²) in [7, 11) is 0. The molecule has 2 N–H and O–H groups in total. The number of aromatic nitrogens is 1. The van der Waals surface area contributed by atoms with Gasteiger partial charge >= 0.3 is 10.8 Å². The number of benzene rings is 1. The van der Waals surface area contributed by atoms with Crippen molar-refractivity contribution in [3.8, 4) is 10.4 Å². The Kier molecular flexibility index (Phi) is 2.94. The number of non-ortho nitro benzene ring substituents is 1. The van der Waals surface area contributed by atoms with Crippen LogP contribution in [-0.2, 0) is 0 Å². The smallest absolute Gasteiger partial charge is 0.353 e. The summed E-state index contributed by atoms with van der Waals surface area (Å²) in [6, 6.07) is 5.32. The van der Waals surface area contributed by atoms with Gasteiger partial charge in [-0.2, -0.15) is 0 Å².